The highest BCUT2D eigenvalue weighted by atomic mass is 32.2. The summed E-state index contributed by atoms with van der Waals surface area (Å²) in [5.41, 5.74) is 0.532. The molecule has 0 aliphatic carbocycles. The molecule has 6 atom stereocenters. The average molecular weight is 831 g/mol. The third kappa shape index (κ3) is 11.7. The smallest absolute Gasteiger partial charge is 0.410 e. The Morgan fingerprint density at radius 1 is 0.638 bits per heavy atom. The van der Waals surface area contributed by atoms with Crippen molar-refractivity contribution in [3.63, 3.8) is 0 Å². The number of likely N-dealkylation sites (tertiary alicyclic amines) is 4. The molecule has 0 radical (unpaired) electrons. The zero-order chi connectivity index (χ0) is 42.4. The summed E-state index contributed by atoms with van der Waals surface area (Å²) in [5.74, 6) is -0.576. The van der Waals surface area contributed by atoms with E-state index >= 15 is 0 Å². The largest absolute Gasteiger partial charge is 0.445 e. The van der Waals surface area contributed by atoms with Gasteiger partial charge in [-0.25, -0.2) is 19.2 Å². The zero-order valence-corrected chi connectivity index (χ0v) is 35.3. The minimum atomic E-state index is -3.66. The molecule has 4 aliphatic rings. The van der Waals surface area contributed by atoms with Crippen molar-refractivity contribution in [2.75, 3.05) is 45.6 Å². The van der Waals surface area contributed by atoms with Gasteiger partial charge in [0.2, 0.25) is 0 Å². The fourth-order valence-corrected chi connectivity index (χ4v) is 8.45. The van der Waals surface area contributed by atoms with Gasteiger partial charge in [0, 0.05) is 44.6 Å². The number of amides is 4. The van der Waals surface area contributed by atoms with Crippen molar-refractivity contribution in [2.45, 2.75) is 103 Å². The molecule has 4 saturated heterocycles. The lowest BCUT2D eigenvalue weighted by Gasteiger charge is -2.30. The second kappa shape index (κ2) is 18.5. The van der Waals surface area contributed by atoms with Crippen molar-refractivity contribution in [1.82, 2.24) is 19.6 Å². The number of hydrogen-bond acceptors (Lipinski definition) is 12. The van der Waals surface area contributed by atoms with Crippen LogP contribution < -0.4 is 0 Å². The van der Waals surface area contributed by atoms with Crippen molar-refractivity contribution in [3.05, 3.63) is 71.8 Å². The van der Waals surface area contributed by atoms with Crippen molar-refractivity contribution in [2.24, 2.45) is 11.8 Å². The molecule has 2 aromatic rings. The second-order valence-electron chi connectivity index (χ2n) is 17.1. The predicted octanol–water partition coefficient (Wildman–Crippen LogP) is 5.23. The number of aliphatic hydroxyl groups is 1. The summed E-state index contributed by atoms with van der Waals surface area (Å²) in [5, 5.41) is 9.80. The molecule has 2 aromatic carbocycles. The lowest BCUT2D eigenvalue weighted by atomic mass is 10.0. The van der Waals surface area contributed by atoms with Crippen molar-refractivity contribution in [1.29, 1.82) is 0 Å². The van der Waals surface area contributed by atoms with Gasteiger partial charge in [-0.15, -0.1) is 0 Å². The van der Waals surface area contributed by atoms with Gasteiger partial charge in [0.1, 0.15) is 24.4 Å². The summed E-state index contributed by atoms with van der Waals surface area (Å²) < 4.78 is 50.0. The topological polar surface area (TPSA) is 182 Å². The number of benzene rings is 2. The van der Waals surface area contributed by atoms with E-state index in [0.29, 0.717) is 32.5 Å². The van der Waals surface area contributed by atoms with Gasteiger partial charge < -0.3 is 43.7 Å². The Hall–Kier alpha value is -4.61. The number of aliphatic hydroxyl groups excluding tert-OH is 1. The number of fused-ring (bicyclic) bond motifs is 2. The molecular weight excluding hydrogens is 773 g/mol. The number of carbonyl (C=O) groups excluding carboxylic acids is 4. The van der Waals surface area contributed by atoms with E-state index in [9.17, 15) is 32.7 Å². The number of hydrogen-bond donors (Lipinski definition) is 1. The minimum Gasteiger partial charge on any atom is -0.445 e. The van der Waals surface area contributed by atoms with Gasteiger partial charge in [-0.1, -0.05) is 60.7 Å². The van der Waals surface area contributed by atoms with E-state index in [1.54, 1.807) is 40.4 Å². The maximum atomic E-state index is 12.8. The minimum absolute atomic E-state index is 0.0943. The molecule has 4 amide bonds. The molecule has 4 fully saturated rings. The molecule has 0 bridgehead atoms. The summed E-state index contributed by atoms with van der Waals surface area (Å²) in [6.45, 7) is 12.4. The average Bonchev–Trinajstić information content (AvgIpc) is 3.93. The van der Waals surface area contributed by atoms with Crippen LogP contribution in [0.15, 0.2) is 60.7 Å². The molecule has 0 unspecified atom stereocenters. The van der Waals surface area contributed by atoms with Gasteiger partial charge >= 0.3 is 24.4 Å². The molecule has 4 heterocycles. The van der Waals surface area contributed by atoms with Gasteiger partial charge in [0.05, 0.1) is 37.0 Å². The Balaban J connectivity index is 0.000000223. The first-order valence-corrected chi connectivity index (χ1v) is 21.5. The van der Waals surface area contributed by atoms with Crippen molar-refractivity contribution >= 4 is 34.5 Å². The normalized spacial score (nSPS) is 24.1. The highest BCUT2D eigenvalue weighted by molar-refractivity contribution is 7.85. The molecule has 17 heteroatoms. The summed E-state index contributed by atoms with van der Waals surface area (Å²) >= 11 is 0. The van der Waals surface area contributed by atoms with E-state index in [4.69, 9.17) is 23.1 Å². The van der Waals surface area contributed by atoms with E-state index < -0.39 is 51.7 Å². The SMILES string of the molecule is CC(C)(C)OC(=O)N1CC[C@@H]2[C@H]1[C@@H](CO)CN2C(=O)OCc1ccccc1.CC(C)(C)OC(=O)N1CC[C@@H]2[C@H]1[C@@H](COS(C)(=O)=O)CN2C(=O)OCc1ccccc1. The van der Waals surface area contributed by atoms with Crippen LogP contribution in [0.1, 0.15) is 65.5 Å². The monoisotopic (exact) mass is 830 g/mol. The van der Waals surface area contributed by atoms with Gasteiger partial charge in [0.15, 0.2) is 0 Å². The van der Waals surface area contributed by atoms with Crippen molar-refractivity contribution < 1.29 is 55.8 Å². The molecule has 0 spiro atoms. The molecule has 0 aromatic heterocycles. The Labute approximate surface area is 341 Å². The Morgan fingerprint density at radius 2 is 1.03 bits per heavy atom. The van der Waals surface area contributed by atoms with E-state index in [2.05, 4.69) is 0 Å². The Bertz CT molecular complexity index is 1840. The number of carbonyl (C=O) groups is 4. The zero-order valence-electron chi connectivity index (χ0n) is 34.4. The Morgan fingerprint density at radius 3 is 1.41 bits per heavy atom. The van der Waals surface area contributed by atoms with E-state index in [-0.39, 0.29) is 62.9 Å². The molecule has 58 heavy (non-hydrogen) atoms. The fourth-order valence-electron chi connectivity index (χ4n) is 8.03. The van der Waals surface area contributed by atoms with Crippen molar-refractivity contribution in [3.8, 4) is 0 Å². The standard InChI is InChI=1S/C21H30N2O7S.C20H28N2O5/c1-21(2,3)30-20(25)22-11-10-17-18(22)16(14-29-31(4,26)27)12-23(17)19(24)28-13-15-8-6-5-7-9-15;1-20(2,3)27-19(25)21-10-9-16-17(21)15(12-23)11-22(16)18(24)26-13-14-7-5-4-6-8-14/h5-9,16-18H,10-14H2,1-4H3;4-8,15-17,23H,9-13H2,1-3H3/t16-,17-,18-;15-,16-,17-/m11/s1. The van der Waals surface area contributed by atoms with Crippen LogP contribution in [0.4, 0.5) is 19.2 Å². The molecule has 320 valence electrons. The summed E-state index contributed by atoms with van der Waals surface area (Å²) in [6.07, 6.45) is 0.408. The molecular formula is C41H58N4O12S. The van der Waals surface area contributed by atoms with Crippen LogP contribution >= 0.6 is 0 Å². The maximum Gasteiger partial charge on any atom is 0.410 e. The molecule has 16 nitrogen and oxygen atoms in total. The lowest BCUT2D eigenvalue weighted by molar-refractivity contribution is 0.0159. The number of ether oxygens (including phenoxy) is 4. The Kier molecular flexibility index (Phi) is 14.2. The first-order chi connectivity index (χ1) is 27.2. The van der Waals surface area contributed by atoms with E-state index in [1.165, 1.54) is 0 Å². The van der Waals surface area contributed by atoms with Crippen LogP contribution in [0.5, 0.6) is 0 Å². The summed E-state index contributed by atoms with van der Waals surface area (Å²) in [6, 6.07) is 17.7. The quantitative estimate of drug-likeness (QED) is 0.271. The number of nitrogens with zero attached hydrogens (tertiary/aromatic N) is 4. The van der Waals surface area contributed by atoms with Gasteiger partial charge in [-0.2, -0.15) is 8.42 Å². The van der Waals surface area contributed by atoms with Gasteiger partial charge in [-0.05, 0) is 65.5 Å². The molecule has 4 aliphatic heterocycles. The highest BCUT2D eigenvalue weighted by Crippen LogP contribution is 2.38. The lowest BCUT2D eigenvalue weighted by Crippen LogP contribution is -2.46. The highest BCUT2D eigenvalue weighted by Gasteiger charge is 2.54. The molecule has 6 rings (SSSR count). The van der Waals surface area contributed by atoms with Crippen LogP contribution in [-0.2, 0) is 46.5 Å². The third-order valence-electron chi connectivity index (χ3n) is 10.3. The van der Waals surface area contributed by atoms with Crippen LogP contribution in [0.2, 0.25) is 0 Å². The van der Waals surface area contributed by atoms with Crippen LogP contribution in [0.3, 0.4) is 0 Å². The number of rotatable bonds is 8. The first kappa shape index (κ1) is 44.5. The van der Waals surface area contributed by atoms with Crippen LogP contribution in [-0.4, -0.2) is 139 Å². The van der Waals surface area contributed by atoms with E-state index in [1.807, 2.05) is 81.4 Å². The van der Waals surface area contributed by atoms with Crippen LogP contribution in [0, 0.1) is 11.8 Å². The predicted molar refractivity (Wildman–Crippen MR) is 212 cm³/mol. The van der Waals surface area contributed by atoms with Crippen LogP contribution in [0.25, 0.3) is 0 Å². The summed E-state index contributed by atoms with van der Waals surface area (Å²) in [4.78, 5) is 57.2. The molecule has 1 N–H and O–H groups in total. The molecule has 0 saturated carbocycles. The fraction of sp³-hybridized carbons (Fsp3) is 0.610. The second-order valence-corrected chi connectivity index (χ2v) is 18.8. The van der Waals surface area contributed by atoms with Gasteiger partial charge in [-0.3, -0.25) is 4.18 Å². The van der Waals surface area contributed by atoms with Gasteiger partial charge in [0.25, 0.3) is 10.1 Å². The maximum absolute atomic E-state index is 12.8. The summed E-state index contributed by atoms with van der Waals surface area (Å²) in [7, 11) is -3.66. The third-order valence-corrected chi connectivity index (χ3v) is 10.9. The van der Waals surface area contributed by atoms with E-state index in [0.717, 1.165) is 17.4 Å². The first-order valence-electron chi connectivity index (χ1n) is 19.6.